The number of nitrogens with zero attached hydrogens (tertiary/aromatic N) is 1. The van der Waals surface area contributed by atoms with E-state index >= 15 is 0 Å². The van der Waals surface area contributed by atoms with Crippen molar-refractivity contribution < 1.29 is 14.4 Å². The van der Waals surface area contributed by atoms with Crippen LogP contribution in [0.1, 0.15) is 32.8 Å². The van der Waals surface area contributed by atoms with E-state index in [0.29, 0.717) is 13.0 Å². The van der Waals surface area contributed by atoms with E-state index in [-0.39, 0.29) is 0 Å². The second-order valence-electron chi connectivity index (χ2n) is 4.08. The molecule has 18 heavy (non-hydrogen) atoms. The first-order valence-electron chi connectivity index (χ1n) is 6.04. The van der Waals surface area contributed by atoms with Gasteiger partial charge in [0.05, 0.1) is 12.3 Å². The molecular weight excluding hydrogens is 230 g/mol. The van der Waals surface area contributed by atoms with E-state index in [2.05, 4.69) is 16.9 Å². The molecule has 0 atom stereocenters. The van der Waals surface area contributed by atoms with Gasteiger partial charge in [-0.1, -0.05) is 24.2 Å². The SMILES string of the molecule is CCCOc1cccc(C/C(C)=N/OC(C)=O)c1. The molecule has 0 bridgehead atoms. The molecular formula is C14H19NO3. The molecule has 0 aromatic heterocycles. The molecule has 4 heteroatoms. The molecule has 4 nitrogen and oxygen atoms in total. The van der Waals surface area contributed by atoms with Crippen LogP contribution in [0.25, 0.3) is 0 Å². The highest BCUT2D eigenvalue weighted by molar-refractivity contribution is 5.84. The van der Waals surface area contributed by atoms with Crippen LogP contribution in [0.3, 0.4) is 0 Å². The van der Waals surface area contributed by atoms with Crippen LogP contribution in [-0.2, 0) is 16.1 Å². The van der Waals surface area contributed by atoms with E-state index in [1.807, 2.05) is 31.2 Å². The number of rotatable bonds is 6. The molecule has 0 N–H and O–H groups in total. The second kappa shape index (κ2) is 7.48. The molecule has 1 aromatic rings. The maximum Gasteiger partial charge on any atom is 0.331 e. The largest absolute Gasteiger partial charge is 0.494 e. The van der Waals surface area contributed by atoms with Crippen molar-refractivity contribution in [1.29, 1.82) is 0 Å². The average molecular weight is 249 g/mol. The van der Waals surface area contributed by atoms with Gasteiger partial charge in [0.25, 0.3) is 0 Å². The van der Waals surface area contributed by atoms with E-state index in [9.17, 15) is 4.79 Å². The Morgan fingerprint density at radius 2 is 2.11 bits per heavy atom. The molecule has 0 heterocycles. The van der Waals surface area contributed by atoms with Gasteiger partial charge < -0.3 is 9.57 Å². The van der Waals surface area contributed by atoms with Crippen LogP contribution >= 0.6 is 0 Å². The summed E-state index contributed by atoms with van der Waals surface area (Å²) in [6, 6.07) is 7.84. The number of benzene rings is 1. The zero-order valence-electron chi connectivity index (χ0n) is 11.1. The van der Waals surface area contributed by atoms with Crippen molar-refractivity contribution in [3.63, 3.8) is 0 Å². The minimum absolute atomic E-state index is 0.408. The highest BCUT2D eigenvalue weighted by atomic mass is 16.7. The molecule has 1 aromatic carbocycles. The van der Waals surface area contributed by atoms with Crippen molar-refractivity contribution in [2.45, 2.75) is 33.6 Å². The van der Waals surface area contributed by atoms with Gasteiger partial charge in [0, 0.05) is 13.3 Å². The number of carbonyl (C=O) groups excluding carboxylic acids is 1. The van der Waals surface area contributed by atoms with Crippen molar-refractivity contribution in [2.75, 3.05) is 6.61 Å². The molecule has 0 saturated carbocycles. The maximum atomic E-state index is 10.6. The summed E-state index contributed by atoms with van der Waals surface area (Å²) >= 11 is 0. The zero-order chi connectivity index (χ0) is 13.4. The topological polar surface area (TPSA) is 47.9 Å². The van der Waals surface area contributed by atoms with Gasteiger partial charge in [-0.15, -0.1) is 0 Å². The van der Waals surface area contributed by atoms with Gasteiger partial charge in [0.15, 0.2) is 0 Å². The molecule has 0 unspecified atom stereocenters. The molecule has 98 valence electrons. The van der Waals surface area contributed by atoms with Crippen molar-refractivity contribution in [3.8, 4) is 5.75 Å². The van der Waals surface area contributed by atoms with Gasteiger partial charge in [-0.25, -0.2) is 4.79 Å². The first-order chi connectivity index (χ1) is 8.61. The first kappa shape index (κ1) is 14.2. The minimum Gasteiger partial charge on any atom is -0.494 e. The van der Waals surface area contributed by atoms with Crippen LogP contribution in [0.4, 0.5) is 0 Å². The molecule has 0 aliphatic heterocycles. The van der Waals surface area contributed by atoms with E-state index < -0.39 is 5.97 Å². The fourth-order valence-electron chi connectivity index (χ4n) is 1.44. The predicted octanol–water partition coefficient (Wildman–Crippen LogP) is 2.96. The Kier molecular flexibility index (Phi) is 5.91. The Hall–Kier alpha value is -1.84. The van der Waals surface area contributed by atoms with Crippen molar-refractivity contribution in [1.82, 2.24) is 0 Å². The predicted molar refractivity (Wildman–Crippen MR) is 70.8 cm³/mol. The van der Waals surface area contributed by atoms with Gasteiger partial charge in [0.1, 0.15) is 5.75 Å². The Morgan fingerprint density at radius 3 is 2.78 bits per heavy atom. The number of carbonyl (C=O) groups is 1. The molecule has 0 radical (unpaired) electrons. The number of ether oxygens (including phenoxy) is 1. The molecule has 0 aliphatic rings. The molecule has 0 fully saturated rings. The van der Waals surface area contributed by atoms with Crippen LogP contribution < -0.4 is 4.74 Å². The standard InChI is InChI=1S/C14H19NO3/c1-4-8-17-14-7-5-6-13(10-14)9-11(2)15-18-12(3)16/h5-7,10H,4,8-9H2,1-3H3/b15-11+. The Labute approximate surface area is 108 Å². The highest BCUT2D eigenvalue weighted by Crippen LogP contribution is 2.14. The Morgan fingerprint density at radius 1 is 1.33 bits per heavy atom. The molecule has 0 spiro atoms. The molecule has 0 saturated heterocycles. The summed E-state index contributed by atoms with van der Waals surface area (Å²) in [6.07, 6.45) is 1.62. The second-order valence-corrected chi connectivity index (χ2v) is 4.08. The molecule has 0 amide bonds. The fraction of sp³-hybridized carbons (Fsp3) is 0.429. The van der Waals surface area contributed by atoms with Crippen LogP contribution in [0.2, 0.25) is 0 Å². The lowest BCUT2D eigenvalue weighted by atomic mass is 10.1. The van der Waals surface area contributed by atoms with Gasteiger partial charge in [-0.2, -0.15) is 0 Å². The third-order valence-corrected chi connectivity index (χ3v) is 2.16. The van der Waals surface area contributed by atoms with Crippen molar-refractivity contribution in [3.05, 3.63) is 29.8 Å². The summed E-state index contributed by atoms with van der Waals surface area (Å²) in [5.74, 6) is 0.448. The van der Waals surface area contributed by atoms with E-state index in [4.69, 9.17) is 4.74 Å². The average Bonchev–Trinajstić information content (AvgIpc) is 2.34. The Balaban J connectivity index is 2.61. The normalized spacial score (nSPS) is 11.2. The third kappa shape index (κ3) is 5.48. The van der Waals surface area contributed by atoms with Crippen LogP contribution in [0.5, 0.6) is 5.75 Å². The van der Waals surface area contributed by atoms with Gasteiger partial charge in [-0.05, 0) is 31.0 Å². The monoisotopic (exact) mass is 249 g/mol. The number of hydrogen-bond donors (Lipinski definition) is 0. The minimum atomic E-state index is -0.408. The quantitative estimate of drug-likeness (QED) is 0.442. The highest BCUT2D eigenvalue weighted by Gasteiger charge is 2.00. The number of hydrogen-bond acceptors (Lipinski definition) is 4. The summed E-state index contributed by atoms with van der Waals surface area (Å²) in [6.45, 7) is 5.93. The lowest BCUT2D eigenvalue weighted by Crippen LogP contribution is -2.02. The summed E-state index contributed by atoms with van der Waals surface area (Å²) in [7, 11) is 0. The summed E-state index contributed by atoms with van der Waals surface area (Å²) in [4.78, 5) is 15.2. The lowest BCUT2D eigenvalue weighted by molar-refractivity contribution is -0.140. The maximum absolute atomic E-state index is 10.6. The molecule has 0 aliphatic carbocycles. The lowest BCUT2D eigenvalue weighted by Gasteiger charge is -2.06. The molecule has 1 rings (SSSR count). The number of oxime groups is 1. The van der Waals surface area contributed by atoms with E-state index in [0.717, 1.165) is 23.4 Å². The van der Waals surface area contributed by atoms with Gasteiger partial charge in [0.2, 0.25) is 0 Å². The Bertz CT molecular complexity index is 427. The summed E-state index contributed by atoms with van der Waals surface area (Å²) in [5, 5.41) is 3.74. The van der Waals surface area contributed by atoms with Crippen LogP contribution in [0.15, 0.2) is 29.4 Å². The summed E-state index contributed by atoms with van der Waals surface area (Å²) < 4.78 is 5.55. The fourth-order valence-corrected chi connectivity index (χ4v) is 1.44. The zero-order valence-corrected chi connectivity index (χ0v) is 11.1. The third-order valence-electron chi connectivity index (χ3n) is 2.16. The van der Waals surface area contributed by atoms with Gasteiger partial charge >= 0.3 is 5.97 Å². The van der Waals surface area contributed by atoms with E-state index in [1.54, 1.807) is 0 Å². The first-order valence-corrected chi connectivity index (χ1v) is 6.04. The van der Waals surface area contributed by atoms with E-state index in [1.165, 1.54) is 6.92 Å². The van der Waals surface area contributed by atoms with Crippen molar-refractivity contribution >= 4 is 11.7 Å². The summed E-state index contributed by atoms with van der Waals surface area (Å²) in [5.41, 5.74) is 1.83. The van der Waals surface area contributed by atoms with Crippen LogP contribution in [-0.4, -0.2) is 18.3 Å². The van der Waals surface area contributed by atoms with Crippen LogP contribution in [0, 0.1) is 0 Å². The smallest absolute Gasteiger partial charge is 0.331 e. The van der Waals surface area contributed by atoms with Gasteiger partial charge in [-0.3, -0.25) is 0 Å². The van der Waals surface area contributed by atoms with Crippen molar-refractivity contribution in [2.24, 2.45) is 5.16 Å².